The fraction of sp³-hybridized carbons (Fsp3) is 0.118. The SMILES string of the molecule is C#C.C/C=C\c1c(C)cc(Br)c2ccccc2c1=O. The van der Waals surface area contributed by atoms with Gasteiger partial charge in [-0.15, -0.1) is 12.8 Å². The van der Waals surface area contributed by atoms with Crippen LogP contribution in [-0.2, 0) is 0 Å². The molecular formula is C17H15BrO. The predicted molar refractivity (Wildman–Crippen MR) is 87.3 cm³/mol. The van der Waals surface area contributed by atoms with E-state index in [0.717, 1.165) is 26.4 Å². The summed E-state index contributed by atoms with van der Waals surface area (Å²) in [7, 11) is 0. The molecule has 0 N–H and O–H groups in total. The molecule has 0 aliphatic rings. The average molecular weight is 315 g/mol. The van der Waals surface area contributed by atoms with E-state index in [0.29, 0.717) is 0 Å². The van der Waals surface area contributed by atoms with Crippen LogP contribution in [0, 0.1) is 19.8 Å². The third kappa shape index (κ3) is 3.13. The lowest BCUT2D eigenvalue weighted by atomic mass is 10.1. The van der Waals surface area contributed by atoms with Gasteiger partial charge in [-0.05, 0) is 30.9 Å². The molecule has 0 amide bonds. The predicted octanol–water partition coefficient (Wildman–Crippen LogP) is 4.55. The molecule has 19 heavy (non-hydrogen) atoms. The van der Waals surface area contributed by atoms with E-state index in [4.69, 9.17) is 0 Å². The summed E-state index contributed by atoms with van der Waals surface area (Å²) in [6.07, 6.45) is 11.8. The number of allylic oxidation sites excluding steroid dienone is 1. The largest absolute Gasteiger partial charge is 0.289 e. The Morgan fingerprint density at radius 3 is 2.32 bits per heavy atom. The van der Waals surface area contributed by atoms with Gasteiger partial charge in [0.25, 0.3) is 0 Å². The quantitative estimate of drug-likeness (QED) is 0.705. The van der Waals surface area contributed by atoms with Crippen molar-refractivity contribution in [1.29, 1.82) is 0 Å². The van der Waals surface area contributed by atoms with Gasteiger partial charge in [-0.25, -0.2) is 0 Å². The fourth-order valence-corrected chi connectivity index (χ4v) is 2.62. The average Bonchev–Trinajstić information content (AvgIpc) is 2.53. The first kappa shape index (κ1) is 15.2. The summed E-state index contributed by atoms with van der Waals surface area (Å²) >= 11 is 3.53. The zero-order valence-electron chi connectivity index (χ0n) is 11.0. The molecule has 0 heterocycles. The Kier molecular flexibility index (Phi) is 5.54. The normalized spacial score (nSPS) is 10.2. The summed E-state index contributed by atoms with van der Waals surface area (Å²) in [4.78, 5) is 12.4. The number of halogens is 1. The summed E-state index contributed by atoms with van der Waals surface area (Å²) in [5.41, 5.74) is 1.83. The van der Waals surface area contributed by atoms with E-state index in [1.807, 2.05) is 56.3 Å². The number of fused-ring (bicyclic) bond motifs is 1. The Labute approximate surface area is 122 Å². The number of terminal acetylenes is 1. The van der Waals surface area contributed by atoms with Crippen LogP contribution in [-0.4, -0.2) is 0 Å². The van der Waals surface area contributed by atoms with Crippen molar-refractivity contribution in [2.45, 2.75) is 13.8 Å². The molecule has 0 fully saturated rings. The third-order valence-electron chi connectivity index (χ3n) is 2.78. The van der Waals surface area contributed by atoms with Crippen molar-refractivity contribution < 1.29 is 0 Å². The van der Waals surface area contributed by atoms with Crippen LogP contribution in [0.1, 0.15) is 18.1 Å². The lowest BCUT2D eigenvalue weighted by molar-refractivity contribution is 1.45. The standard InChI is InChI=1S/C15H13BrO.C2H2/c1-3-6-11-10(2)9-14(16)12-7-4-5-8-13(12)15(11)17;1-2/h3-9H,1-2H3;1-2H/b6-3-;. The molecule has 2 aromatic carbocycles. The van der Waals surface area contributed by atoms with E-state index in [1.165, 1.54) is 0 Å². The highest BCUT2D eigenvalue weighted by atomic mass is 79.9. The molecule has 0 aliphatic heterocycles. The number of hydrogen-bond donors (Lipinski definition) is 0. The van der Waals surface area contributed by atoms with Crippen molar-refractivity contribution in [2.75, 3.05) is 0 Å². The molecule has 0 saturated carbocycles. The molecule has 2 aromatic rings. The van der Waals surface area contributed by atoms with E-state index in [9.17, 15) is 4.79 Å². The second-order valence-electron chi connectivity index (χ2n) is 3.96. The highest BCUT2D eigenvalue weighted by Gasteiger charge is 2.06. The minimum atomic E-state index is 0.0851. The molecule has 0 spiro atoms. The van der Waals surface area contributed by atoms with Gasteiger partial charge in [0.05, 0.1) is 0 Å². The highest BCUT2D eigenvalue weighted by molar-refractivity contribution is 9.10. The van der Waals surface area contributed by atoms with Crippen molar-refractivity contribution in [2.24, 2.45) is 0 Å². The minimum absolute atomic E-state index is 0.0851. The van der Waals surface area contributed by atoms with Gasteiger partial charge >= 0.3 is 0 Å². The molecule has 96 valence electrons. The van der Waals surface area contributed by atoms with Crippen molar-refractivity contribution in [3.8, 4) is 12.8 Å². The van der Waals surface area contributed by atoms with E-state index < -0.39 is 0 Å². The summed E-state index contributed by atoms with van der Waals surface area (Å²) in [6, 6.07) is 9.66. The second kappa shape index (κ2) is 6.92. The van der Waals surface area contributed by atoms with Crippen molar-refractivity contribution in [3.63, 3.8) is 0 Å². The molecule has 2 rings (SSSR count). The van der Waals surface area contributed by atoms with Crippen LogP contribution in [0.15, 0.2) is 45.7 Å². The molecule has 0 saturated heterocycles. The minimum Gasteiger partial charge on any atom is -0.289 e. The Balaban J connectivity index is 0.000000861. The molecule has 0 aromatic heterocycles. The number of benzene rings is 1. The first-order chi connectivity index (χ1) is 9.15. The van der Waals surface area contributed by atoms with E-state index >= 15 is 0 Å². The molecular weight excluding hydrogens is 300 g/mol. The fourth-order valence-electron chi connectivity index (χ4n) is 1.93. The topological polar surface area (TPSA) is 17.1 Å². The Hall–Kier alpha value is -1.85. The van der Waals surface area contributed by atoms with Crippen LogP contribution in [0.5, 0.6) is 0 Å². The summed E-state index contributed by atoms with van der Waals surface area (Å²) in [6.45, 7) is 3.88. The van der Waals surface area contributed by atoms with Gasteiger partial charge in [-0.1, -0.05) is 52.3 Å². The Bertz CT molecular complexity index is 697. The molecule has 1 nitrogen and oxygen atoms in total. The van der Waals surface area contributed by atoms with Crippen LogP contribution in [0.25, 0.3) is 16.8 Å². The first-order valence-electron chi connectivity index (χ1n) is 5.83. The van der Waals surface area contributed by atoms with Gasteiger partial charge in [0.15, 0.2) is 5.43 Å². The molecule has 0 unspecified atom stereocenters. The van der Waals surface area contributed by atoms with E-state index in [2.05, 4.69) is 28.8 Å². The van der Waals surface area contributed by atoms with Gasteiger partial charge in [0.1, 0.15) is 0 Å². The lowest BCUT2D eigenvalue weighted by Gasteiger charge is -1.92. The van der Waals surface area contributed by atoms with Gasteiger partial charge in [0, 0.05) is 15.4 Å². The number of rotatable bonds is 1. The van der Waals surface area contributed by atoms with Gasteiger partial charge in [-0.2, -0.15) is 0 Å². The van der Waals surface area contributed by atoms with Crippen molar-refractivity contribution in [3.05, 3.63) is 62.2 Å². The van der Waals surface area contributed by atoms with Gasteiger partial charge < -0.3 is 0 Å². The summed E-state index contributed by atoms with van der Waals surface area (Å²) in [5, 5.41) is 1.71. The maximum Gasteiger partial charge on any atom is 0.193 e. The monoisotopic (exact) mass is 314 g/mol. The van der Waals surface area contributed by atoms with Crippen LogP contribution in [0.2, 0.25) is 0 Å². The Morgan fingerprint density at radius 2 is 1.74 bits per heavy atom. The third-order valence-corrected chi connectivity index (χ3v) is 3.43. The summed E-state index contributed by atoms with van der Waals surface area (Å²) in [5.74, 6) is 0. The molecule has 0 aliphatic carbocycles. The van der Waals surface area contributed by atoms with Crippen LogP contribution >= 0.6 is 15.9 Å². The maximum absolute atomic E-state index is 12.4. The first-order valence-corrected chi connectivity index (χ1v) is 6.62. The second-order valence-corrected chi connectivity index (χ2v) is 4.82. The smallest absolute Gasteiger partial charge is 0.193 e. The van der Waals surface area contributed by atoms with Crippen LogP contribution < -0.4 is 5.43 Å². The van der Waals surface area contributed by atoms with E-state index in [-0.39, 0.29) is 5.43 Å². The molecule has 0 radical (unpaired) electrons. The van der Waals surface area contributed by atoms with Gasteiger partial charge in [-0.3, -0.25) is 4.79 Å². The van der Waals surface area contributed by atoms with Gasteiger partial charge in [0.2, 0.25) is 0 Å². The zero-order chi connectivity index (χ0) is 14.4. The highest BCUT2D eigenvalue weighted by Crippen LogP contribution is 2.23. The van der Waals surface area contributed by atoms with E-state index in [1.54, 1.807) is 0 Å². The number of hydrogen-bond acceptors (Lipinski definition) is 1. The Morgan fingerprint density at radius 1 is 1.16 bits per heavy atom. The molecule has 2 heteroatoms. The summed E-state index contributed by atoms with van der Waals surface area (Å²) < 4.78 is 0.957. The van der Waals surface area contributed by atoms with Crippen LogP contribution in [0.3, 0.4) is 0 Å². The maximum atomic E-state index is 12.4. The van der Waals surface area contributed by atoms with Crippen LogP contribution in [0.4, 0.5) is 0 Å². The lowest BCUT2D eigenvalue weighted by Crippen LogP contribution is -2.03. The molecule has 0 atom stereocenters. The zero-order valence-corrected chi connectivity index (χ0v) is 12.6. The molecule has 0 bridgehead atoms. The number of aryl methyl sites for hydroxylation is 1. The van der Waals surface area contributed by atoms with Crippen molar-refractivity contribution >= 4 is 32.8 Å². The van der Waals surface area contributed by atoms with Crippen molar-refractivity contribution in [1.82, 2.24) is 0 Å².